The Hall–Kier alpha value is -1.46. The monoisotopic (exact) mass is 203 g/mol. The Morgan fingerprint density at radius 3 is 2.93 bits per heavy atom. The lowest BCUT2D eigenvalue weighted by molar-refractivity contribution is 0.413. The summed E-state index contributed by atoms with van der Waals surface area (Å²) >= 11 is 0. The maximum absolute atomic E-state index is 5.17. The average Bonchev–Trinajstić information content (AvgIpc) is 2.29. The summed E-state index contributed by atoms with van der Waals surface area (Å²) in [6, 6.07) is 8.36. The van der Waals surface area contributed by atoms with Crippen LogP contribution >= 0.6 is 0 Å². The van der Waals surface area contributed by atoms with Crippen LogP contribution in [-0.4, -0.2) is 13.7 Å². The maximum atomic E-state index is 5.17. The topological polar surface area (TPSA) is 21.3 Å². The summed E-state index contributed by atoms with van der Waals surface area (Å²) in [5, 5.41) is 3.32. The van der Waals surface area contributed by atoms with Gasteiger partial charge in [0.2, 0.25) is 0 Å². The fraction of sp³-hybridized carbons (Fsp3) is 0.385. The van der Waals surface area contributed by atoms with Crippen molar-refractivity contribution >= 4 is 0 Å². The van der Waals surface area contributed by atoms with E-state index < -0.39 is 0 Å². The summed E-state index contributed by atoms with van der Waals surface area (Å²) in [4.78, 5) is 0. The van der Waals surface area contributed by atoms with E-state index in [9.17, 15) is 0 Å². The van der Waals surface area contributed by atoms with Crippen molar-refractivity contribution in [2.45, 2.75) is 19.9 Å². The van der Waals surface area contributed by atoms with Gasteiger partial charge in [-0.25, -0.2) is 0 Å². The van der Waals surface area contributed by atoms with Crippen molar-refractivity contribution in [1.29, 1.82) is 0 Å². The van der Waals surface area contributed by atoms with Gasteiger partial charge in [0.1, 0.15) is 5.75 Å². The molecule has 0 aliphatic heterocycles. The number of benzene rings is 1. The first-order chi connectivity index (χ1) is 7.27. The van der Waals surface area contributed by atoms with E-state index in [0.29, 0.717) is 6.04 Å². The zero-order valence-electron chi connectivity index (χ0n) is 9.50. The van der Waals surface area contributed by atoms with E-state index in [2.05, 4.69) is 30.1 Å². The minimum atomic E-state index is 0.293. The van der Waals surface area contributed by atoms with Crippen LogP contribution in [0.5, 0.6) is 5.75 Å². The minimum Gasteiger partial charge on any atom is -0.497 e. The Kier molecular flexibility index (Phi) is 4.73. The van der Waals surface area contributed by atoms with Gasteiger partial charge in [-0.2, -0.15) is 0 Å². The average molecular weight is 203 g/mol. The number of methoxy groups -OCH3 is 1. The highest BCUT2D eigenvalue weighted by atomic mass is 16.5. The van der Waals surface area contributed by atoms with E-state index in [1.54, 1.807) is 7.11 Å². The predicted octanol–water partition coefficient (Wildman–Crippen LogP) is 2.37. The quantitative estimate of drug-likeness (QED) is 0.758. The molecule has 0 spiro atoms. The second kappa shape index (κ2) is 6.10. The largest absolute Gasteiger partial charge is 0.497 e. The van der Waals surface area contributed by atoms with Crippen LogP contribution in [0.2, 0.25) is 0 Å². The van der Waals surface area contributed by atoms with E-state index in [4.69, 9.17) is 4.74 Å². The van der Waals surface area contributed by atoms with Crippen LogP contribution in [0.1, 0.15) is 25.5 Å². The molecule has 0 saturated heterocycles. The van der Waals surface area contributed by atoms with Crippen molar-refractivity contribution in [3.8, 4) is 17.6 Å². The van der Waals surface area contributed by atoms with Gasteiger partial charge in [0.25, 0.3) is 0 Å². The molecule has 1 aromatic carbocycles. The molecule has 1 atom stereocenters. The highest BCUT2D eigenvalue weighted by Gasteiger charge is 2.04. The van der Waals surface area contributed by atoms with Gasteiger partial charge in [0.05, 0.1) is 13.7 Å². The summed E-state index contributed by atoms with van der Waals surface area (Å²) in [5.41, 5.74) is 1.22. The van der Waals surface area contributed by atoms with Crippen molar-refractivity contribution in [2.24, 2.45) is 0 Å². The molecule has 0 unspecified atom stereocenters. The molecule has 0 heterocycles. The Labute approximate surface area is 91.6 Å². The molecule has 2 nitrogen and oxygen atoms in total. The maximum Gasteiger partial charge on any atom is 0.119 e. The van der Waals surface area contributed by atoms with Crippen molar-refractivity contribution in [2.75, 3.05) is 13.7 Å². The second-order valence-electron chi connectivity index (χ2n) is 3.31. The molecular formula is C13H17NO. The van der Waals surface area contributed by atoms with Crippen LogP contribution in [0.25, 0.3) is 0 Å². The Balaban J connectivity index is 2.62. The third-order valence-corrected chi connectivity index (χ3v) is 2.27. The highest BCUT2D eigenvalue weighted by molar-refractivity contribution is 5.30. The standard InChI is InChI=1S/C13H17NO/c1-4-5-9-14-11(2)12-7-6-8-13(10-12)15-3/h6-8,10-11,14H,9H2,1-3H3/t11-/m1/s1. The zero-order chi connectivity index (χ0) is 11.1. The summed E-state index contributed by atoms with van der Waals surface area (Å²) in [7, 11) is 1.68. The number of hydrogen-bond acceptors (Lipinski definition) is 2. The number of hydrogen-bond donors (Lipinski definition) is 1. The Morgan fingerprint density at radius 2 is 2.27 bits per heavy atom. The molecule has 0 bridgehead atoms. The predicted molar refractivity (Wildman–Crippen MR) is 62.9 cm³/mol. The van der Waals surface area contributed by atoms with E-state index >= 15 is 0 Å². The molecule has 2 heteroatoms. The lowest BCUT2D eigenvalue weighted by Crippen LogP contribution is -2.18. The Bertz CT molecular complexity index is 362. The van der Waals surface area contributed by atoms with Gasteiger partial charge in [-0.05, 0) is 31.5 Å². The molecule has 0 fully saturated rings. The van der Waals surface area contributed by atoms with Crippen molar-refractivity contribution < 1.29 is 4.74 Å². The molecule has 80 valence electrons. The van der Waals surface area contributed by atoms with Crippen molar-refractivity contribution in [3.05, 3.63) is 29.8 Å². The third-order valence-electron chi connectivity index (χ3n) is 2.27. The molecule has 0 aliphatic carbocycles. The zero-order valence-corrected chi connectivity index (χ0v) is 9.50. The van der Waals surface area contributed by atoms with Crippen LogP contribution in [0, 0.1) is 11.8 Å². The minimum absolute atomic E-state index is 0.293. The Morgan fingerprint density at radius 1 is 1.47 bits per heavy atom. The van der Waals surface area contributed by atoms with Gasteiger partial charge in [-0.3, -0.25) is 5.32 Å². The molecule has 0 amide bonds. The smallest absolute Gasteiger partial charge is 0.119 e. The lowest BCUT2D eigenvalue weighted by Gasteiger charge is -2.13. The van der Waals surface area contributed by atoms with Crippen LogP contribution in [0.15, 0.2) is 24.3 Å². The number of nitrogens with one attached hydrogen (secondary N) is 1. The molecule has 0 aromatic heterocycles. The lowest BCUT2D eigenvalue weighted by atomic mass is 10.1. The fourth-order valence-corrected chi connectivity index (χ4v) is 1.32. The van der Waals surface area contributed by atoms with Gasteiger partial charge < -0.3 is 4.74 Å². The van der Waals surface area contributed by atoms with Gasteiger partial charge >= 0.3 is 0 Å². The molecule has 1 N–H and O–H groups in total. The number of ether oxygens (including phenoxy) is 1. The molecule has 1 rings (SSSR count). The van der Waals surface area contributed by atoms with Crippen LogP contribution in [0.3, 0.4) is 0 Å². The first-order valence-corrected chi connectivity index (χ1v) is 5.05. The van der Waals surface area contributed by atoms with E-state index in [-0.39, 0.29) is 0 Å². The fourth-order valence-electron chi connectivity index (χ4n) is 1.32. The van der Waals surface area contributed by atoms with Crippen LogP contribution in [-0.2, 0) is 0 Å². The molecule has 0 radical (unpaired) electrons. The molecule has 0 aliphatic rings. The SMILES string of the molecule is CC#CCN[C@H](C)c1cccc(OC)c1. The molecular weight excluding hydrogens is 186 g/mol. The molecule has 0 saturated carbocycles. The summed E-state index contributed by atoms with van der Waals surface area (Å²) in [6.45, 7) is 4.68. The van der Waals surface area contributed by atoms with Gasteiger partial charge in [-0.15, -0.1) is 5.92 Å². The van der Waals surface area contributed by atoms with Crippen LogP contribution in [0.4, 0.5) is 0 Å². The summed E-state index contributed by atoms with van der Waals surface area (Å²) < 4.78 is 5.17. The normalized spacial score (nSPS) is 11.4. The second-order valence-corrected chi connectivity index (χ2v) is 3.31. The third kappa shape index (κ3) is 3.65. The van der Waals surface area contributed by atoms with Crippen molar-refractivity contribution in [1.82, 2.24) is 5.32 Å². The highest BCUT2D eigenvalue weighted by Crippen LogP contribution is 2.18. The van der Waals surface area contributed by atoms with Crippen molar-refractivity contribution in [3.63, 3.8) is 0 Å². The van der Waals surface area contributed by atoms with Gasteiger partial charge in [0.15, 0.2) is 0 Å². The van der Waals surface area contributed by atoms with Gasteiger partial charge in [-0.1, -0.05) is 18.1 Å². The van der Waals surface area contributed by atoms with E-state index in [1.807, 2.05) is 25.1 Å². The summed E-state index contributed by atoms with van der Waals surface area (Å²) in [5.74, 6) is 6.74. The van der Waals surface area contributed by atoms with Crippen LogP contribution < -0.4 is 10.1 Å². The summed E-state index contributed by atoms with van der Waals surface area (Å²) in [6.07, 6.45) is 0. The molecule has 1 aromatic rings. The van der Waals surface area contributed by atoms with Gasteiger partial charge in [0, 0.05) is 6.04 Å². The van der Waals surface area contributed by atoms with E-state index in [1.165, 1.54) is 5.56 Å². The first-order valence-electron chi connectivity index (χ1n) is 5.05. The number of rotatable bonds is 4. The molecule has 15 heavy (non-hydrogen) atoms. The first kappa shape index (κ1) is 11.6. The van der Waals surface area contributed by atoms with E-state index in [0.717, 1.165) is 12.3 Å².